The number of nitrogens with one attached hydrogen (secondary N) is 2. The largest absolute Gasteiger partial charge is 0.481 e. The van der Waals surface area contributed by atoms with Crippen molar-refractivity contribution in [3.05, 3.63) is 59.7 Å². The predicted molar refractivity (Wildman–Crippen MR) is 132 cm³/mol. The normalized spacial score (nSPS) is 18.7. The second-order valence-electron chi connectivity index (χ2n) is 8.74. The lowest BCUT2D eigenvalue weighted by Gasteiger charge is -2.20. The number of thioether (sulfide) groups is 1. The zero-order valence-electron chi connectivity index (χ0n) is 19.0. The Morgan fingerprint density at radius 2 is 1.65 bits per heavy atom. The summed E-state index contributed by atoms with van der Waals surface area (Å²) in [6.07, 6.45) is 2.17. The molecule has 0 bridgehead atoms. The van der Waals surface area contributed by atoms with E-state index in [1.54, 1.807) is 0 Å². The van der Waals surface area contributed by atoms with Crippen LogP contribution in [0.15, 0.2) is 48.5 Å². The Morgan fingerprint density at radius 1 is 0.971 bits per heavy atom. The first-order valence-corrected chi connectivity index (χ1v) is 12.9. The van der Waals surface area contributed by atoms with E-state index in [0.717, 1.165) is 19.3 Å². The Bertz CT molecular complexity index is 998. The van der Waals surface area contributed by atoms with Crippen LogP contribution < -0.4 is 10.6 Å². The molecule has 0 radical (unpaired) electrons. The maximum Gasteiger partial charge on any atom is 0.407 e. The van der Waals surface area contributed by atoms with Crippen LogP contribution in [-0.2, 0) is 14.3 Å². The number of carbonyl (C=O) groups excluding carboxylic acids is 2. The van der Waals surface area contributed by atoms with Crippen LogP contribution in [0.5, 0.6) is 0 Å². The topological polar surface area (TPSA) is 105 Å². The summed E-state index contributed by atoms with van der Waals surface area (Å²) in [7, 11) is 0. The van der Waals surface area contributed by atoms with Gasteiger partial charge in [0, 0.05) is 30.7 Å². The van der Waals surface area contributed by atoms with Gasteiger partial charge in [0.05, 0.1) is 5.75 Å². The molecule has 1 fully saturated rings. The van der Waals surface area contributed by atoms with E-state index in [4.69, 9.17) is 9.84 Å². The van der Waals surface area contributed by atoms with E-state index >= 15 is 0 Å². The monoisotopic (exact) mass is 482 g/mol. The van der Waals surface area contributed by atoms with Crippen molar-refractivity contribution in [2.75, 3.05) is 31.2 Å². The predicted octanol–water partition coefficient (Wildman–Crippen LogP) is 3.88. The van der Waals surface area contributed by atoms with E-state index in [0.29, 0.717) is 18.8 Å². The first-order valence-electron chi connectivity index (χ1n) is 11.7. The average molecular weight is 483 g/mol. The molecule has 2 aromatic carbocycles. The minimum absolute atomic E-state index is 0.0159. The van der Waals surface area contributed by atoms with Gasteiger partial charge in [0.2, 0.25) is 5.91 Å². The van der Waals surface area contributed by atoms with Gasteiger partial charge in [-0.2, -0.15) is 0 Å². The zero-order valence-corrected chi connectivity index (χ0v) is 19.8. The molecular weight excluding hydrogens is 452 g/mol. The molecule has 180 valence electrons. The van der Waals surface area contributed by atoms with Crippen LogP contribution in [0, 0.1) is 11.8 Å². The highest BCUT2D eigenvalue weighted by Crippen LogP contribution is 2.44. The van der Waals surface area contributed by atoms with Gasteiger partial charge in [-0.25, -0.2) is 4.79 Å². The standard InChI is InChI=1S/C26H30N2O5S/c29-24(30)16-34-13-12-27-25(31)18-11-5-6-17(18)14-28-26(32)33-15-23-21-9-3-1-7-19(21)20-8-2-4-10-22(20)23/h1-4,7-10,17-18,23H,5-6,11-16H2,(H,27,31)(H,28,32)(H,29,30)/t17-,18-/m0/s1. The minimum atomic E-state index is -0.855. The molecule has 7 nitrogen and oxygen atoms in total. The molecule has 0 spiro atoms. The number of fused-ring (bicyclic) bond motifs is 3. The Balaban J connectivity index is 1.23. The second-order valence-corrected chi connectivity index (χ2v) is 9.85. The average Bonchev–Trinajstić information content (AvgIpc) is 3.44. The van der Waals surface area contributed by atoms with Gasteiger partial charge in [-0.1, -0.05) is 55.0 Å². The maximum absolute atomic E-state index is 12.6. The molecule has 4 rings (SSSR count). The van der Waals surface area contributed by atoms with Crippen LogP contribution in [0.1, 0.15) is 36.3 Å². The van der Waals surface area contributed by atoms with E-state index in [1.807, 2.05) is 24.3 Å². The van der Waals surface area contributed by atoms with Crippen molar-refractivity contribution in [1.82, 2.24) is 10.6 Å². The highest BCUT2D eigenvalue weighted by atomic mass is 32.2. The zero-order chi connectivity index (χ0) is 23.9. The number of benzene rings is 2. The van der Waals surface area contributed by atoms with Gasteiger partial charge < -0.3 is 20.5 Å². The van der Waals surface area contributed by atoms with Crippen molar-refractivity contribution < 1.29 is 24.2 Å². The summed E-state index contributed by atoms with van der Waals surface area (Å²) in [6, 6.07) is 16.4. The van der Waals surface area contributed by atoms with Gasteiger partial charge in [0.15, 0.2) is 0 Å². The van der Waals surface area contributed by atoms with E-state index < -0.39 is 12.1 Å². The molecule has 0 saturated heterocycles. The molecule has 8 heteroatoms. The third-order valence-corrected chi connectivity index (χ3v) is 7.56. The van der Waals surface area contributed by atoms with Crippen LogP contribution in [0.2, 0.25) is 0 Å². The van der Waals surface area contributed by atoms with Crippen LogP contribution in [0.4, 0.5) is 4.79 Å². The van der Waals surface area contributed by atoms with E-state index in [2.05, 4.69) is 34.9 Å². The molecule has 2 aromatic rings. The number of amides is 2. The maximum atomic E-state index is 12.6. The summed E-state index contributed by atoms with van der Waals surface area (Å²) in [6.45, 7) is 1.12. The van der Waals surface area contributed by atoms with Crippen molar-refractivity contribution in [2.24, 2.45) is 11.8 Å². The fourth-order valence-corrected chi connectivity index (χ4v) is 5.59. The quantitative estimate of drug-likeness (QED) is 0.444. The summed E-state index contributed by atoms with van der Waals surface area (Å²) in [5.41, 5.74) is 4.72. The highest BCUT2D eigenvalue weighted by molar-refractivity contribution is 7.99. The number of rotatable bonds is 10. The van der Waals surface area contributed by atoms with Gasteiger partial charge in [0.1, 0.15) is 6.61 Å². The Hall–Kier alpha value is -3.00. The van der Waals surface area contributed by atoms with Crippen molar-refractivity contribution in [1.29, 1.82) is 0 Å². The van der Waals surface area contributed by atoms with E-state index in [1.165, 1.54) is 34.0 Å². The number of ether oxygens (including phenoxy) is 1. The Morgan fingerprint density at radius 3 is 2.32 bits per heavy atom. The number of carboxylic acid groups (broad SMARTS) is 1. The summed E-state index contributed by atoms with van der Waals surface area (Å²) in [5, 5.41) is 14.4. The molecule has 34 heavy (non-hydrogen) atoms. The van der Waals surface area contributed by atoms with Crippen LogP contribution in [-0.4, -0.2) is 54.3 Å². The summed E-state index contributed by atoms with van der Waals surface area (Å²) < 4.78 is 5.61. The fourth-order valence-electron chi connectivity index (χ4n) is 5.03. The van der Waals surface area contributed by atoms with E-state index in [-0.39, 0.29) is 36.0 Å². The highest BCUT2D eigenvalue weighted by Gasteiger charge is 2.33. The molecule has 3 N–H and O–H groups in total. The van der Waals surface area contributed by atoms with E-state index in [9.17, 15) is 14.4 Å². The molecule has 0 heterocycles. The van der Waals surface area contributed by atoms with Crippen molar-refractivity contribution in [2.45, 2.75) is 25.2 Å². The Kier molecular flexibility index (Phi) is 8.11. The number of aliphatic carboxylic acids is 1. The summed E-state index contributed by atoms with van der Waals surface area (Å²) in [4.78, 5) is 35.6. The van der Waals surface area contributed by atoms with Gasteiger partial charge in [-0.15, -0.1) is 11.8 Å². The number of carboxylic acids is 1. The smallest absolute Gasteiger partial charge is 0.407 e. The van der Waals surface area contributed by atoms with Crippen molar-refractivity contribution in [3.63, 3.8) is 0 Å². The number of hydrogen-bond donors (Lipinski definition) is 3. The molecular formula is C26H30N2O5S. The van der Waals surface area contributed by atoms with Crippen LogP contribution in [0.25, 0.3) is 11.1 Å². The van der Waals surface area contributed by atoms with Gasteiger partial charge >= 0.3 is 12.1 Å². The van der Waals surface area contributed by atoms with Gasteiger partial charge in [0.25, 0.3) is 0 Å². The number of alkyl carbamates (subject to hydrolysis) is 1. The minimum Gasteiger partial charge on any atom is -0.481 e. The van der Waals surface area contributed by atoms with Crippen LogP contribution in [0.3, 0.4) is 0 Å². The SMILES string of the molecule is O=C(O)CSCCNC(=O)[C@H]1CCC[C@H]1CNC(=O)OCC1c2ccccc2-c2ccccc21. The third kappa shape index (κ3) is 5.73. The van der Waals surface area contributed by atoms with Crippen molar-refractivity contribution >= 4 is 29.7 Å². The number of carbonyl (C=O) groups is 3. The number of hydrogen-bond acceptors (Lipinski definition) is 5. The van der Waals surface area contributed by atoms with Gasteiger partial charge in [-0.3, -0.25) is 9.59 Å². The van der Waals surface area contributed by atoms with Gasteiger partial charge in [-0.05, 0) is 41.0 Å². The molecule has 1 saturated carbocycles. The molecule has 0 aromatic heterocycles. The molecule has 0 unspecified atom stereocenters. The lowest BCUT2D eigenvalue weighted by Crippen LogP contribution is -2.38. The summed E-state index contributed by atoms with van der Waals surface area (Å²) in [5.74, 6) is -0.328. The molecule has 2 atom stereocenters. The lowest BCUT2D eigenvalue weighted by atomic mass is 9.95. The molecule has 2 amide bonds. The molecule has 2 aliphatic rings. The van der Waals surface area contributed by atoms with Crippen molar-refractivity contribution in [3.8, 4) is 11.1 Å². The fraction of sp³-hybridized carbons (Fsp3) is 0.423. The second kappa shape index (κ2) is 11.4. The molecule has 2 aliphatic carbocycles. The first kappa shape index (κ1) is 24.1. The summed E-state index contributed by atoms with van der Waals surface area (Å²) >= 11 is 1.28. The Labute approximate surface area is 203 Å². The first-order chi connectivity index (χ1) is 16.5. The lowest BCUT2D eigenvalue weighted by molar-refractivity contribution is -0.134. The molecule has 0 aliphatic heterocycles. The third-order valence-electron chi connectivity index (χ3n) is 6.62. The van der Waals surface area contributed by atoms with Crippen LogP contribution >= 0.6 is 11.8 Å².